The largest absolute Gasteiger partial charge is 0.496 e. The quantitative estimate of drug-likeness (QED) is 0.604. The number of carbonyl (C=O) groups excluding carboxylic acids is 1. The lowest BCUT2D eigenvalue weighted by Gasteiger charge is -2.10. The van der Waals surface area contributed by atoms with E-state index in [-0.39, 0.29) is 17.9 Å². The van der Waals surface area contributed by atoms with Crippen LogP contribution < -0.4 is 4.74 Å². The summed E-state index contributed by atoms with van der Waals surface area (Å²) in [6.07, 6.45) is -0.159. The van der Waals surface area contributed by atoms with Crippen LogP contribution in [0.15, 0.2) is 12.1 Å². The van der Waals surface area contributed by atoms with Crippen molar-refractivity contribution in [2.24, 2.45) is 0 Å². The van der Waals surface area contributed by atoms with Gasteiger partial charge in [-0.15, -0.1) is 11.6 Å². The van der Waals surface area contributed by atoms with Gasteiger partial charge in [-0.05, 0) is 17.7 Å². The number of hydrogen-bond acceptors (Lipinski definition) is 3. The fourth-order valence-corrected chi connectivity index (χ4v) is 1.47. The summed E-state index contributed by atoms with van der Waals surface area (Å²) in [4.78, 5) is 11.1. The van der Waals surface area contributed by atoms with Crippen molar-refractivity contribution in [2.75, 3.05) is 14.2 Å². The number of ether oxygens (including phenoxy) is 2. The van der Waals surface area contributed by atoms with Crippen LogP contribution in [-0.4, -0.2) is 20.2 Å². The van der Waals surface area contributed by atoms with Gasteiger partial charge in [-0.1, -0.05) is 0 Å². The molecule has 0 saturated heterocycles. The summed E-state index contributed by atoms with van der Waals surface area (Å²) in [7, 11) is 2.66. The second-order valence-corrected chi connectivity index (χ2v) is 3.41. The van der Waals surface area contributed by atoms with Crippen LogP contribution >= 0.6 is 11.6 Å². The number of rotatable bonds is 4. The molecular formula is C11H12ClFO3. The maximum atomic E-state index is 13.6. The summed E-state index contributed by atoms with van der Waals surface area (Å²) in [6, 6.07) is 2.89. The van der Waals surface area contributed by atoms with Gasteiger partial charge < -0.3 is 9.47 Å². The van der Waals surface area contributed by atoms with Crippen molar-refractivity contribution in [1.29, 1.82) is 0 Å². The Morgan fingerprint density at radius 3 is 2.62 bits per heavy atom. The Hall–Kier alpha value is -1.29. The first-order valence-corrected chi connectivity index (χ1v) is 5.13. The Morgan fingerprint density at radius 2 is 2.12 bits per heavy atom. The Bertz CT molecular complexity index is 393. The minimum absolute atomic E-state index is 0.159. The van der Waals surface area contributed by atoms with E-state index in [4.69, 9.17) is 16.3 Å². The second-order valence-electron chi connectivity index (χ2n) is 3.14. The van der Waals surface area contributed by atoms with Gasteiger partial charge in [0.1, 0.15) is 11.6 Å². The lowest BCUT2D eigenvalue weighted by atomic mass is 10.1. The molecule has 1 aromatic carbocycles. The first-order valence-electron chi connectivity index (χ1n) is 4.60. The summed E-state index contributed by atoms with van der Waals surface area (Å²) >= 11 is 5.60. The van der Waals surface area contributed by atoms with Gasteiger partial charge in [-0.3, -0.25) is 4.79 Å². The van der Waals surface area contributed by atoms with Crippen LogP contribution in [-0.2, 0) is 21.8 Å². The number of hydrogen-bond donors (Lipinski definition) is 0. The highest BCUT2D eigenvalue weighted by Gasteiger charge is 2.15. The third kappa shape index (κ3) is 2.85. The molecule has 0 fully saturated rings. The Labute approximate surface area is 98.1 Å². The molecule has 0 heterocycles. The molecule has 0 radical (unpaired) electrons. The third-order valence-corrected chi connectivity index (χ3v) is 2.45. The van der Waals surface area contributed by atoms with E-state index in [9.17, 15) is 9.18 Å². The molecule has 0 aromatic heterocycles. The molecule has 3 nitrogen and oxygen atoms in total. The van der Waals surface area contributed by atoms with Crippen LogP contribution in [0.2, 0.25) is 0 Å². The van der Waals surface area contributed by atoms with Crippen molar-refractivity contribution in [1.82, 2.24) is 0 Å². The monoisotopic (exact) mass is 246 g/mol. The molecule has 0 aliphatic carbocycles. The van der Waals surface area contributed by atoms with Gasteiger partial charge in [-0.25, -0.2) is 4.39 Å². The summed E-state index contributed by atoms with van der Waals surface area (Å²) in [5, 5.41) is 0. The molecule has 0 N–H and O–H groups in total. The molecule has 0 aliphatic rings. The zero-order valence-electron chi connectivity index (χ0n) is 9.05. The van der Waals surface area contributed by atoms with Crippen LogP contribution in [0.4, 0.5) is 4.39 Å². The smallest absolute Gasteiger partial charge is 0.310 e. The van der Waals surface area contributed by atoms with Gasteiger partial charge in [0.05, 0.1) is 20.6 Å². The van der Waals surface area contributed by atoms with Crippen LogP contribution in [0, 0.1) is 5.82 Å². The van der Waals surface area contributed by atoms with Gasteiger partial charge >= 0.3 is 5.97 Å². The van der Waals surface area contributed by atoms with Gasteiger partial charge in [0, 0.05) is 11.4 Å². The number of esters is 1. The highest BCUT2D eigenvalue weighted by atomic mass is 35.5. The van der Waals surface area contributed by atoms with Crippen LogP contribution in [0.3, 0.4) is 0 Å². The molecule has 0 spiro atoms. The fourth-order valence-electron chi connectivity index (χ4n) is 1.31. The molecule has 0 bridgehead atoms. The van der Waals surface area contributed by atoms with E-state index < -0.39 is 11.8 Å². The fraction of sp³-hybridized carbons (Fsp3) is 0.364. The SMILES string of the molecule is COC(=O)Cc1c(F)cc(CCl)cc1OC. The Balaban J connectivity index is 3.11. The number of methoxy groups -OCH3 is 2. The van der Waals surface area contributed by atoms with Crippen molar-refractivity contribution in [3.05, 3.63) is 29.1 Å². The van der Waals surface area contributed by atoms with E-state index in [1.165, 1.54) is 20.3 Å². The molecule has 1 rings (SSSR count). The topological polar surface area (TPSA) is 35.5 Å². The third-order valence-electron chi connectivity index (χ3n) is 2.14. The van der Waals surface area contributed by atoms with E-state index in [1.807, 2.05) is 0 Å². The minimum Gasteiger partial charge on any atom is -0.496 e. The molecule has 0 saturated carbocycles. The lowest BCUT2D eigenvalue weighted by Crippen LogP contribution is -2.08. The molecular weight excluding hydrogens is 235 g/mol. The van der Waals surface area contributed by atoms with Crippen molar-refractivity contribution in [3.63, 3.8) is 0 Å². The van der Waals surface area contributed by atoms with Gasteiger partial charge in [0.25, 0.3) is 0 Å². The normalized spacial score (nSPS) is 10.0. The van der Waals surface area contributed by atoms with Crippen molar-refractivity contribution >= 4 is 17.6 Å². The average molecular weight is 247 g/mol. The standard InChI is InChI=1S/C11H12ClFO3/c1-15-10-4-7(6-12)3-9(13)8(10)5-11(14)16-2/h3-4H,5-6H2,1-2H3. The number of benzene rings is 1. The molecule has 5 heteroatoms. The van der Waals surface area contributed by atoms with Crippen LogP contribution in [0.1, 0.15) is 11.1 Å². The minimum atomic E-state index is -0.518. The van der Waals surface area contributed by atoms with Crippen molar-refractivity contribution in [3.8, 4) is 5.75 Å². The highest BCUT2D eigenvalue weighted by molar-refractivity contribution is 6.17. The maximum absolute atomic E-state index is 13.6. The van der Waals surface area contributed by atoms with E-state index in [2.05, 4.69) is 4.74 Å². The first kappa shape index (κ1) is 12.8. The summed E-state index contributed by atoms with van der Waals surface area (Å²) in [5.41, 5.74) is 0.785. The van der Waals surface area contributed by atoms with Crippen LogP contribution in [0.25, 0.3) is 0 Å². The lowest BCUT2D eigenvalue weighted by molar-refractivity contribution is -0.139. The van der Waals surface area contributed by atoms with Crippen LogP contribution in [0.5, 0.6) is 5.75 Å². The van der Waals surface area contributed by atoms with E-state index >= 15 is 0 Å². The molecule has 88 valence electrons. The van der Waals surface area contributed by atoms with Gasteiger partial charge in [0.15, 0.2) is 0 Å². The average Bonchev–Trinajstić information content (AvgIpc) is 2.30. The zero-order chi connectivity index (χ0) is 12.1. The number of halogens is 2. The number of alkyl halides is 1. The van der Waals surface area contributed by atoms with Gasteiger partial charge in [-0.2, -0.15) is 0 Å². The molecule has 0 amide bonds. The molecule has 0 unspecified atom stereocenters. The maximum Gasteiger partial charge on any atom is 0.310 e. The highest BCUT2D eigenvalue weighted by Crippen LogP contribution is 2.25. The summed E-state index contributed by atoms with van der Waals surface area (Å²) in [6.45, 7) is 0. The van der Waals surface area contributed by atoms with Crippen molar-refractivity contribution < 1.29 is 18.7 Å². The summed E-state index contributed by atoms with van der Waals surface area (Å²) in [5.74, 6) is -0.538. The Morgan fingerprint density at radius 1 is 1.44 bits per heavy atom. The predicted octanol–water partition coefficient (Wildman–Crippen LogP) is 2.29. The van der Waals surface area contributed by atoms with E-state index in [0.29, 0.717) is 11.3 Å². The van der Waals surface area contributed by atoms with E-state index in [1.54, 1.807) is 6.07 Å². The molecule has 0 aliphatic heterocycles. The Kier molecular flexibility index (Phi) is 4.55. The predicted molar refractivity (Wildman–Crippen MR) is 58.2 cm³/mol. The summed E-state index contributed by atoms with van der Waals surface area (Å²) < 4.78 is 23.1. The van der Waals surface area contributed by atoms with Gasteiger partial charge in [0.2, 0.25) is 0 Å². The first-order chi connectivity index (χ1) is 7.62. The second kappa shape index (κ2) is 5.70. The van der Waals surface area contributed by atoms with E-state index in [0.717, 1.165) is 0 Å². The van der Waals surface area contributed by atoms with Crippen molar-refractivity contribution in [2.45, 2.75) is 12.3 Å². The number of carbonyl (C=O) groups is 1. The zero-order valence-corrected chi connectivity index (χ0v) is 9.81. The molecule has 0 atom stereocenters. The molecule has 1 aromatic rings. The molecule has 16 heavy (non-hydrogen) atoms.